The van der Waals surface area contributed by atoms with Crippen LogP contribution in [-0.2, 0) is 19.1 Å². The summed E-state index contributed by atoms with van der Waals surface area (Å²) in [4.78, 5) is 38.5. The maximum absolute atomic E-state index is 13.1. The number of hydrogen-bond donors (Lipinski definition) is 2. The molecule has 1 aliphatic heterocycles. The summed E-state index contributed by atoms with van der Waals surface area (Å²) in [5, 5.41) is 12.7. The standard InChI is InChI=1S/C19H32N2O5/c1-4-8-14(19(25)26-5-2)20-12(3)17(22)21-15-10-7-6-9-13(15)11-16(21)18(23)24/h12-16,20H,4-11H2,1-3H3,(H,23,24)/t12-,13-,14-,15-,16+/m0/s1. The number of nitrogens with one attached hydrogen (secondary N) is 1. The lowest BCUT2D eigenvalue weighted by Gasteiger charge is -2.35. The molecule has 148 valence electrons. The average Bonchev–Trinajstić information content (AvgIpc) is 3.00. The van der Waals surface area contributed by atoms with Gasteiger partial charge in [-0.2, -0.15) is 0 Å². The molecule has 0 bridgehead atoms. The minimum atomic E-state index is -0.935. The third kappa shape index (κ3) is 4.55. The number of likely N-dealkylation sites (tertiary alicyclic amines) is 1. The van der Waals surface area contributed by atoms with Crippen LogP contribution >= 0.6 is 0 Å². The molecule has 1 amide bonds. The summed E-state index contributed by atoms with van der Waals surface area (Å²) in [5.74, 6) is -1.24. The van der Waals surface area contributed by atoms with Crippen LogP contribution in [0.15, 0.2) is 0 Å². The largest absolute Gasteiger partial charge is 0.480 e. The highest BCUT2D eigenvalue weighted by Crippen LogP contribution is 2.40. The van der Waals surface area contributed by atoms with Gasteiger partial charge < -0.3 is 14.7 Å². The second-order valence-corrected chi connectivity index (χ2v) is 7.43. The van der Waals surface area contributed by atoms with Gasteiger partial charge in [-0.25, -0.2) is 4.79 Å². The van der Waals surface area contributed by atoms with Crippen LogP contribution < -0.4 is 5.32 Å². The van der Waals surface area contributed by atoms with Crippen molar-refractivity contribution in [3.63, 3.8) is 0 Å². The summed E-state index contributed by atoms with van der Waals surface area (Å²) < 4.78 is 5.09. The van der Waals surface area contributed by atoms with Crippen molar-refractivity contribution in [1.82, 2.24) is 10.2 Å². The van der Waals surface area contributed by atoms with Crippen LogP contribution in [0.25, 0.3) is 0 Å². The van der Waals surface area contributed by atoms with Crippen molar-refractivity contribution in [2.45, 2.75) is 89.9 Å². The molecule has 5 atom stereocenters. The second-order valence-electron chi connectivity index (χ2n) is 7.43. The molecule has 1 heterocycles. The Kier molecular flexibility index (Phi) is 7.43. The van der Waals surface area contributed by atoms with Crippen molar-refractivity contribution in [3.05, 3.63) is 0 Å². The summed E-state index contributed by atoms with van der Waals surface area (Å²) in [7, 11) is 0. The molecular formula is C19H32N2O5. The molecular weight excluding hydrogens is 336 g/mol. The van der Waals surface area contributed by atoms with Gasteiger partial charge in [0.25, 0.3) is 0 Å². The zero-order chi connectivity index (χ0) is 19.3. The van der Waals surface area contributed by atoms with Crippen molar-refractivity contribution in [1.29, 1.82) is 0 Å². The smallest absolute Gasteiger partial charge is 0.326 e. The number of amides is 1. The van der Waals surface area contributed by atoms with Crippen LogP contribution in [-0.4, -0.2) is 58.6 Å². The molecule has 2 rings (SSSR count). The topological polar surface area (TPSA) is 95.9 Å². The molecule has 1 saturated carbocycles. The number of carbonyl (C=O) groups excluding carboxylic acids is 2. The van der Waals surface area contributed by atoms with Gasteiger partial charge in [-0.05, 0) is 45.4 Å². The molecule has 1 saturated heterocycles. The molecule has 0 radical (unpaired) electrons. The Bertz CT molecular complexity index is 524. The van der Waals surface area contributed by atoms with Gasteiger partial charge in [-0.15, -0.1) is 0 Å². The van der Waals surface area contributed by atoms with E-state index in [0.717, 1.165) is 32.1 Å². The molecule has 0 spiro atoms. The molecule has 0 aromatic rings. The number of hydrogen-bond acceptors (Lipinski definition) is 5. The maximum Gasteiger partial charge on any atom is 0.326 e. The summed E-state index contributed by atoms with van der Waals surface area (Å²) in [5.41, 5.74) is 0. The number of rotatable bonds is 8. The van der Waals surface area contributed by atoms with Gasteiger partial charge in [0.05, 0.1) is 12.6 Å². The zero-order valence-corrected chi connectivity index (χ0v) is 16.1. The molecule has 0 unspecified atom stereocenters. The van der Waals surface area contributed by atoms with E-state index >= 15 is 0 Å². The van der Waals surface area contributed by atoms with Gasteiger partial charge in [0.2, 0.25) is 5.91 Å². The van der Waals surface area contributed by atoms with E-state index in [1.54, 1.807) is 18.7 Å². The third-order valence-electron chi connectivity index (χ3n) is 5.60. The van der Waals surface area contributed by atoms with Crippen molar-refractivity contribution >= 4 is 17.8 Å². The van der Waals surface area contributed by atoms with E-state index in [2.05, 4.69) is 5.32 Å². The number of ether oxygens (including phenoxy) is 1. The van der Waals surface area contributed by atoms with E-state index < -0.39 is 24.1 Å². The Morgan fingerprint density at radius 3 is 2.54 bits per heavy atom. The second kappa shape index (κ2) is 9.35. The van der Waals surface area contributed by atoms with Crippen molar-refractivity contribution < 1.29 is 24.2 Å². The predicted molar refractivity (Wildman–Crippen MR) is 96.6 cm³/mol. The SMILES string of the molecule is CCC[C@H](N[C@@H](C)C(=O)N1[C@@H](C(=O)O)C[C@@H]2CCCC[C@@H]21)C(=O)OCC. The summed E-state index contributed by atoms with van der Waals surface area (Å²) >= 11 is 0. The van der Waals surface area contributed by atoms with Crippen LogP contribution in [0.5, 0.6) is 0 Å². The lowest BCUT2D eigenvalue weighted by molar-refractivity contribution is -0.152. The van der Waals surface area contributed by atoms with Crippen LogP contribution in [0.1, 0.15) is 65.7 Å². The van der Waals surface area contributed by atoms with Crippen LogP contribution in [0.4, 0.5) is 0 Å². The highest BCUT2D eigenvalue weighted by atomic mass is 16.5. The molecule has 1 aliphatic carbocycles. The number of carboxylic acids is 1. The van der Waals surface area contributed by atoms with Crippen molar-refractivity contribution in [2.24, 2.45) is 5.92 Å². The van der Waals surface area contributed by atoms with Gasteiger partial charge >= 0.3 is 11.9 Å². The van der Waals surface area contributed by atoms with E-state index in [1.807, 2.05) is 6.92 Å². The first-order valence-corrected chi connectivity index (χ1v) is 9.88. The minimum Gasteiger partial charge on any atom is -0.480 e. The van der Waals surface area contributed by atoms with Crippen LogP contribution in [0.2, 0.25) is 0 Å². The van der Waals surface area contributed by atoms with E-state index in [-0.39, 0.29) is 23.8 Å². The molecule has 7 nitrogen and oxygen atoms in total. The van der Waals surface area contributed by atoms with Crippen molar-refractivity contribution in [3.8, 4) is 0 Å². The summed E-state index contributed by atoms with van der Waals surface area (Å²) in [6.07, 6.45) is 5.87. The molecule has 7 heteroatoms. The first kappa shape index (κ1) is 20.7. The van der Waals surface area contributed by atoms with Crippen molar-refractivity contribution in [2.75, 3.05) is 6.61 Å². The fourth-order valence-electron chi connectivity index (χ4n) is 4.39. The molecule has 2 fully saturated rings. The first-order chi connectivity index (χ1) is 12.4. The highest BCUT2D eigenvalue weighted by Gasteiger charge is 2.48. The fraction of sp³-hybridized carbons (Fsp3) is 0.842. The fourth-order valence-corrected chi connectivity index (χ4v) is 4.39. The highest BCUT2D eigenvalue weighted by molar-refractivity contribution is 5.88. The number of carbonyl (C=O) groups is 3. The Balaban J connectivity index is 2.10. The zero-order valence-electron chi connectivity index (χ0n) is 16.1. The number of nitrogens with zero attached hydrogens (tertiary/aromatic N) is 1. The normalized spacial score (nSPS) is 27.5. The van der Waals surface area contributed by atoms with Crippen LogP contribution in [0, 0.1) is 5.92 Å². The number of fused-ring (bicyclic) bond motifs is 1. The number of aliphatic carboxylic acids is 1. The van der Waals surface area contributed by atoms with E-state index in [0.29, 0.717) is 19.4 Å². The summed E-state index contributed by atoms with van der Waals surface area (Å²) in [6.45, 7) is 5.72. The van der Waals surface area contributed by atoms with Crippen LogP contribution in [0.3, 0.4) is 0 Å². The quantitative estimate of drug-likeness (QED) is 0.636. The van der Waals surface area contributed by atoms with E-state index in [9.17, 15) is 19.5 Å². The van der Waals surface area contributed by atoms with Gasteiger partial charge in [0, 0.05) is 6.04 Å². The van der Waals surface area contributed by atoms with Gasteiger partial charge in [0.15, 0.2) is 0 Å². The Labute approximate surface area is 155 Å². The molecule has 26 heavy (non-hydrogen) atoms. The Hall–Kier alpha value is -1.63. The number of esters is 1. The molecule has 2 N–H and O–H groups in total. The summed E-state index contributed by atoms with van der Waals surface area (Å²) in [6, 6.07) is -1.92. The average molecular weight is 368 g/mol. The van der Waals surface area contributed by atoms with Gasteiger partial charge in [0.1, 0.15) is 12.1 Å². The van der Waals surface area contributed by atoms with E-state index in [4.69, 9.17) is 4.74 Å². The number of carboxylic acid groups (broad SMARTS) is 1. The van der Waals surface area contributed by atoms with E-state index in [1.165, 1.54) is 0 Å². The first-order valence-electron chi connectivity index (χ1n) is 9.88. The maximum atomic E-state index is 13.1. The lowest BCUT2D eigenvalue weighted by Crippen LogP contribution is -2.55. The molecule has 0 aromatic carbocycles. The Morgan fingerprint density at radius 1 is 1.23 bits per heavy atom. The minimum absolute atomic E-state index is 0.00817. The molecule has 0 aromatic heterocycles. The van der Waals surface area contributed by atoms with Gasteiger partial charge in [-0.3, -0.25) is 14.9 Å². The Morgan fingerprint density at radius 2 is 1.92 bits per heavy atom. The monoisotopic (exact) mass is 368 g/mol. The molecule has 2 aliphatic rings. The predicted octanol–water partition coefficient (Wildman–Crippen LogP) is 1.94. The third-order valence-corrected chi connectivity index (χ3v) is 5.60. The lowest BCUT2D eigenvalue weighted by atomic mass is 9.84. The van der Waals surface area contributed by atoms with Gasteiger partial charge in [-0.1, -0.05) is 26.2 Å².